The van der Waals surface area contributed by atoms with E-state index in [1.54, 1.807) is 69.3 Å². The third-order valence-corrected chi connectivity index (χ3v) is 6.98. The van der Waals surface area contributed by atoms with Crippen LogP contribution in [0.1, 0.15) is 59.9 Å². The van der Waals surface area contributed by atoms with Crippen LogP contribution in [0.25, 0.3) is 0 Å². The first-order chi connectivity index (χ1) is 23.4. The summed E-state index contributed by atoms with van der Waals surface area (Å²) < 4.78 is 32.4. The fourth-order valence-corrected chi connectivity index (χ4v) is 4.63. The zero-order valence-corrected chi connectivity index (χ0v) is 28.3. The van der Waals surface area contributed by atoms with Gasteiger partial charge in [-0.05, 0) is 63.4 Å². The number of carboxylic acid groups (broad SMARTS) is 1. The molecular weight excluding hydrogens is 640 g/mol. The van der Waals surface area contributed by atoms with Crippen molar-refractivity contribution in [2.75, 3.05) is 66.0 Å². The fraction of sp³-hybridized carbons (Fsp3) is 0.514. The van der Waals surface area contributed by atoms with E-state index in [2.05, 4.69) is 5.32 Å². The Morgan fingerprint density at radius 1 is 0.776 bits per heavy atom. The van der Waals surface area contributed by atoms with Crippen LogP contribution in [-0.4, -0.2) is 117 Å². The predicted molar refractivity (Wildman–Crippen MR) is 175 cm³/mol. The standard InChI is InChI=1S/C35H46N2O12/c1-35(2,3)49-31(39)24-48-26-11-8-25(9-12-26)10-13-29(34(42)43)36-30(38)14-16-44-18-20-46-22-23-47-21-19-45-17-15-37-32(40)27-6-4-5-7-28(27)33(37)41/h4-9,11-12,29H,10,13-24H2,1-3H3,(H,36,38)(H,42,43)/t29-/m0/s1. The molecule has 14 nitrogen and oxygen atoms in total. The van der Waals surface area contributed by atoms with E-state index in [1.165, 1.54) is 4.90 Å². The van der Waals surface area contributed by atoms with Gasteiger partial charge in [-0.25, -0.2) is 9.59 Å². The minimum absolute atomic E-state index is 0.00356. The Bertz CT molecular complexity index is 1350. The van der Waals surface area contributed by atoms with Crippen molar-refractivity contribution in [3.05, 3.63) is 65.2 Å². The summed E-state index contributed by atoms with van der Waals surface area (Å²) in [5.41, 5.74) is 1.08. The van der Waals surface area contributed by atoms with Gasteiger partial charge in [0, 0.05) is 6.42 Å². The molecule has 0 bridgehead atoms. The van der Waals surface area contributed by atoms with Crippen molar-refractivity contribution in [1.82, 2.24) is 10.2 Å². The second kappa shape index (κ2) is 20.2. The molecule has 49 heavy (non-hydrogen) atoms. The number of carbonyl (C=O) groups excluding carboxylic acids is 4. The average molecular weight is 687 g/mol. The lowest BCUT2D eigenvalue weighted by Gasteiger charge is -2.19. The molecule has 0 aromatic heterocycles. The summed E-state index contributed by atoms with van der Waals surface area (Å²) in [5, 5.41) is 12.1. The van der Waals surface area contributed by atoms with Crippen LogP contribution < -0.4 is 10.1 Å². The van der Waals surface area contributed by atoms with Crippen LogP contribution in [0.4, 0.5) is 0 Å². The summed E-state index contributed by atoms with van der Waals surface area (Å²) in [7, 11) is 0. The van der Waals surface area contributed by atoms with Crippen LogP contribution in [0.3, 0.4) is 0 Å². The predicted octanol–water partition coefficient (Wildman–Crippen LogP) is 2.66. The number of aliphatic carboxylic acids is 1. The Morgan fingerprint density at radius 2 is 1.31 bits per heavy atom. The summed E-state index contributed by atoms with van der Waals surface area (Å²) in [5.74, 6) is -2.18. The van der Waals surface area contributed by atoms with Crippen LogP contribution in [0.2, 0.25) is 0 Å². The van der Waals surface area contributed by atoms with Crippen LogP contribution in [0.5, 0.6) is 5.75 Å². The van der Waals surface area contributed by atoms with E-state index < -0.39 is 29.5 Å². The Labute approximate surface area is 285 Å². The van der Waals surface area contributed by atoms with E-state index in [0.29, 0.717) is 56.3 Å². The summed E-state index contributed by atoms with van der Waals surface area (Å²) in [4.78, 5) is 61.6. The van der Waals surface area contributed by atoms with Crippen LogP contribution in [0, 0.1) is 0 Å². The van der Waals surface area contributed by atoms with Crippen molar-refractivity contribution in [1.29, 1.82) is 0 Å². The van der Waals surface area contributed by atoms with Crippen molar-refractivity contribution in [2.45, 2.75) is 51.7 Å². The molecule has 0 fully saturated rings. The van der Waals surface area contributed by atoms with Gasteiger partial charge in [0.05, 0.1) is 70.5 Å². The number of carbonyl (C=O) groups is 5. The molecular formula is C35H46N2O12. The number of benzene rings is 2. The largest absolute Gasteiger partial charge is 0.482 e. The summed E-state index contributed by atoms with van der Waals surface area (Å²) in [6.07, 6.45) is 0.606. The van der Waals surface area contributed by atoms with E-state index in [9.17, 15) is 29.1 Å². The molecule has 1 heterocycles. The van der Waals surface area contributed by atoms with Crippen molar-refractivity contribution in [3.63, 3.8) is 0 Å². The van der Waals surface area contributed by atoms with Gasteiger partial charge in [-0.2, -0.15) is 0 Å². The van der Waals surface area contributed by atoms with Gasteiger partial charge < -0.3 is 38.8 Å². The molecule has 3 amide bonds. The molecule has 0 aliphatic carbocycles. The first kappa shape index (κ1) is 39.1. The number of imide groups is 1. The Kier molecular flexibility index (Phi) is 16.1. The zero-order valence-electron chi connectivity index (χ0n) is 28.3. The van der Waals surface area contributed by atoms with Gasteiger partial charge in [-0.3, -0.25) is 19.3 Å². The molecule has 0 radical (unpaired) electrons. The summed E-state index contributed by atoms with van der Waals surface area (Å²) >= 11 is 0. The maximum Gasteiger partial charge on any atom is 0.344 e. The Balaban J connectivity index is 1.15. The number of nitrogens with one attached hydrogen (secondary N) is 1. The number of carboxylic acids is 1. The van der Waals surface area contributed by atoms with Crippen molar-refractivity contribution < 1.29 is 57.5 Å². The molecule has 1 atom stereocenters. The molecule has 1 aliphatic rings. The quantitative estimate of drug-likeness (QED) is 0.0995. The molecule has 0 unspecified atom stereocenters. The van der Waals surface area contributed by atoms with Gasteiger partial charge in [0.2, 0.25) is 5.91 Å². The maximum atomic E-state index is 12.3. The highest BCUT2D eigenvalue weighted by atomic mass is 16.6. The van der Waals surface area contributed by atoms with E-state index in [4.69, 9.17) is 28.4 Å². The number of esters is 1. The van der Waals surface area contributed by atoms with E-state index in [-0.39, 0.29) is 57.6 Å². The molecule has 0 spiro atoms. The molecule has 1 aliphatic heterocycles. The number of hydrogen-bond acceptors (Lipinski definition) is 11. The molecule has 268 valence electrons. The number of fused-ring (bicyclic) bond motifs is 1. The van der Waals surface area contributed by atoms with Crippen LogP contribution >= 0.6 is 0 Å². The van der Waals surface area contributed by atoms with E-state index >= 15 is 0 Å². The van der Waals surface area contributed by atoms with Gasteiger partial charge in [0.1, 0.15) is 17.4 Å². The number of nitrogens with zero attached hydrogens (tertiary/aromatic N) is 1. The van der Waals surface area contributed by atoms with Gasteiger partial charge in [-0.15, -0.1) is 0 Å². The number of amides is 3. The lowest BCUT2D eigenvalue weighted by Crippen LogP contribution is -2.41. The first-order valence-corrected chi connectivity index (χ1v) is 16.2. The van der Waals surface area contributed by atoms with Crippen molar-refractivity contribution >= 4 is 29.7 Å². The molecule has 0 saturated heterocycles. The maximum absolute atomic E-state index is 12.3. The number of aryl methyl sites for hydroxylation is 1. The molecule has 2 N–H and O–H groups in total. The van der Waals surface area contributed by atoms with Gasteiger partial charge >= 0.3 is 11.9 Å². The minimum Gasteiger partial charge on any atom is -0.482 e. The first-order valence-electron chi connectivity index (χ1n) is 16.2. The molecule has 3 rings (SSSR count). The molecule has 2 aromatic rings. The number of rotatable bonds is 23. The normalized spacial score (nSPS) is 13.2. The molecule has 0 saturated carbocycles. The second-order valence-electron chi connectivity index (χ2n) is 12.0. The second-order valence-corrected chi connectivity index (χ2v) is 12.0. The number of hydrogen-bond donors (Lipinski definition) is 2. The Morgan fingerprint density at radius 3 is 1.84 bits per heavy atom. The van der Waals surface area contributed by atoms with Gasteiger partial charge in [0.15, 0.2) is 6.61 Å². The van der Waals surface area contributed by atoms with Crippen molar-refractivity contribution in [2.24, 2.45) is 0 Å². The Hall–Kier alpha value is -4.37. The van der Waals surface area contributed by atoms with Gasteiger partial charge in [-0.1, -0.05) is 24.3 Å². The van der Waals surface area contributed by atoms with Crippen LogP contribution in [0.15, 0.2) is 48.5 Å². The highest BCUT2D eigenvalue weighted by molar-refractivity contribution is 6.21. The highest BCUT2D eigenvalue weighted by Crippen LogP contribution is 2.22. The summed E-state index contributed by atoms with van der Waals surface area (Å²) in [6, 6.07) is 12.6. The lowest BCUT2D eigenvalue weighted by molar-refractivity contribution is -0.157. The number of ether oxygens (including phenoxy) is 6. The van der Waals surface area contributed by atoms with Gasteiger partial charge in [0.25, 0.3) is 11.8 Å². The minimum atomic E-state index is -1.13. The highest BCUT2D eigenvalue weighted by Gasteiger charge is 2.34. The van der Waals surface area contributed by atoms with E-state index in [1.807, 2.05) is 0 Å². The third-order valence-electron chi connectivity index (χ3n) is 6.98. The molecule has 14 heteroatoms. The topological polar surface area (TPSA) is 176 Å². The molecule has 2 aromatic carbocycles. The monoisotopic (exact) mass is 686 g/mol. The fourth-order valence-electron chi connectivity index (χ4n) is 4.63. The zero-order chi connectivity index (χ0) is 35.6. The smallest absolute Gasteiger partial charge is 0.344 e. The SMILES string of the molecule is CC(C)(C)OC(=O)COc1ccc(CC[C@H](NC(=O)CCOCCOCCOCCOCCN2C(=O)c3ccccc3C2=O)C(=O)O)cc1. The lowest BCUT2D eigenvalue weighted by atomic mass is 10.0. The third kappa shape index (κ3) is 14.3. The van der Waals surface area contributed by atoms with Crippen LogP contribution in [-0.2, 0) is 44.5 Å². The van der Waals surface area contributed by atoms with Crippen molar-refractivity contribution in [3.8, 4) is 5.75 Å². The van der Waals surface area contributed by atoms with E-state index in [0.717, 1.165) is 5.56 Å². The summed E-state index contributed by atoms with van der Waals surface area (Å²) in [6.45, 7) is 7.45. The average Bonchev–Trinajstić information content (AvgIpc) is 3.30.